The van der Waals surface area contributed by atoms with Crippen LogP contribution in [0, 0.1) is 0 Å². The van der Waals surface area contributed by atoms with Crippen LogP contribution in [0.1, 0.15) is 38.5 Å². The largest absolute Gasteiger partial charge is 0.480 e. The van der Waals surface area contributed by atoms with Gasteiger partial charge in [0.05, 0.1) is 6.04 Å². The van der Waals surface area contributed by atoms with Crippen molar-refractivity contribution in [3.63, 3.8) is 0 Å². The lowest BCUT2D eigenvalue weighted by Gasteiger charge is -2.25. The number of carboxylic acid groups (broad SMARTS) is 1. The molecule has 0 aliphatic rings. The molecule has 0 radical (unpaired) electrons. The van der Waals surface area contributed by atoms with Crippen LogP contribution in [0.15, 0.2) is 0 Å². The number of unbranched alkanes of at least 4 members (excludes halogenated alkanes) is 1. The minimum atomic E-state index is -1.13. The lowest BCUT2D eigenvalue weighted by atomic mass is 10.1. The molecule has 0 aromatic heterocycles. The SMILES string of the molecule is CSCCC(N)C(=O)NC(CCSC)C(=O)NC(CCCCN)C(=O)NC(CCSC)C(=O)O. The van der Waals surface area contributed by atoms with Crippen molar-refractivity contribution < 1.29 is 24.3 Å². The molecule has 4 unspecified atom stereocenters. The summed E-state index contributed by atoms with van der Waals surface area (Å²) in [5, 5.41) is 17.4. The number of aliphatic carboxylic acids is 1. The first-order valence-electron chi connectivity index (χ1n) is 11.3. The van der Waals surface area contributed by atoms with Crippen LogP contribution in [0.3, 0.4) is 0 Å². The van der Waals surface area contributed by atoms with Gasteiger partial charge in [0.2, 0.25) is 17.7 Å². The second kappa shape index (κ2) is 20.1. The van der Waals surface area contributed by atoms with Crippen LogP contribution in [0.4, 0.5) is 0 Å². The number of nitrogens with one attached hydrogen (secondary N) is 3. The Bertz CT molecular complexity index is 630. The van der Waals surface area contributed by atoms with Crippen LogP contribution in [0.2, 0.25) is 0 Å². The summed E-state index contributed by atoms with van der Waals surface area (Å²) in [4.78, 5) is 50.0. The van der Waals surface area contributed by atoms with Gasteiger partial charge in [-0.25, -0.2) is 4.79 Å². The van der Waals surface area contributed by atoms with Crippen LogP contribution in [-0.2, 0) is 19.2 Å². The van der Waals surface area contributed by atoms with Gasteiger partial charge < -0.3 is 32.5 Å². The van der Waals surface area contributed by atoms with Crippen molar-refractivity contribution in [2.45, 2.75) is 62.7 Å². The zero-order valence-electron chi connectivity index (χ0n) is 20.3. The second-order valence-corrected chi connectivity index (χ2v) is 10.7. The molecule has 0 spiro atoms. The van der Waals surface area contributed by atoms with Gasteiger partial charge in [-0.3, -0.25) is 14.4 Å². The third-order valence-corrected chi connectivity index (χ3v) is 6.95. The fourth-order valence-electron chi connectivity index (χ4n) is 2.96. The third-order valence-electron chi connectivity index (χ3n) is 5.02. The van der Waals surface area contributed by atoms with E-state index in [0.29, 0.717) is 50.2 Å². The molecule has 34 heavy (non-hydrogen) atoms. The van der Waals surface area contributed by atoms with E-state index in [0.717, 1.165) is 5.75 Å². The van der Waals surface area contributed by atoms with Gasteiger partial charge in [-0.2, -0.15) is 35.3 Å². The fourth-order valence-corrected chi connectivity index (χ4v) is 4.39. The molecule has 0 bridgehead atoms. The van der Waals surface area contributed by atoms with Crippen LogP contribution in [0.5, 0.6) is 0 Å². The van der Waals surface area contributed by atoms with E-state index in [1.54, 1.807) is 11.8 Å². The number of hydrogen-bond acceptors (Lipinski definition) is 9. The Morgan fingerprint density at radius 1 is 0.706 bits per heavy atom. The van der Waals surface area contributed by atoms with Crippen LogP contribution in [0.25, 0.3) is 0 Å². The number of amides is 3. The molecular weight excluding hydrogens is 498 g/mol. The van der Waals surface area contributed by atoms with Gasteiger partial charge in [0.25, 0.3) is 0 Å². The molecular formula is C21H41N5O5S3. The van der Waals surface area contributed by atoms with Crippen molar-refractivity contribution in [2.75, 3.05) is 42.6 Å². The Labute approximate surface area is 215 Å². The highest BCUT2D eigenvalue weighted by Gasteiger charge is 2.29. The molecule has 0 aromatic rings. The minimum absolute atomic E-state index is 0.270. The molecule has 10 nitrogen and oxygen atoms in total. The summed E-state index contributed by atoms with van der Waals surface area (Å²) in [6.45, 7) is 0.439. The van der Waals surface area contributed by atoms with Crippen molar-refractivity contribution in [2.24, 2.45) is 11.5 Å². The molecule has 4 atom stereocenters. The predicted octanol–water partition coefficient (Wildman–Crippen LogP) is 0.241. The smallest absolute Gasteiger partial charge is 0.326 e. The number of thioether (sulfide) groups is 3. The van der Waals surface area contributed by atoms with Gasteiger partial charge in [-0.05, 0) is 81.1 Å². The Hall–Kier alpha value is -1.15. The molecule has 0 rings (SSSR count). The minimum Gasteiger partial charge on any atom is -0.480 e. The number of hydrogen-bond donors (Lipinski definition) is 6. The molecule has 0 aliphatic heterocycles. The van der Waals surface area contributed by atoms with Crippen LogP contribution in [-0.4, -0.2) is 95.5 Å². The zero-order chi connectivity index (χ0) is 25.9. The molecule has 0 aromatic carbocycles. The number of nitrogens with two attached hydrogens (primary N) is 2. The van der Waals surface area contributed by atoms with E-state index in [2.05, 4.69) is 16.0 Å². The normalized spacial score (nSPS) is 14.5. The van der Waals surface area contributed by atoms with Crippen LogP contribution < -0.4 is 27.4 Å². The van der Waals surface area contributed by atoms with Crippen molar-refractivity contribution in [3.8, 4) is 0 Å². The van der Waals surface area contributed by atoms with Gasteiger partial charge in [-0.15, -0.1) is 0 Å². The monoisotopic (exact) mass is 539 g/mol. The summed E-state index contributed by atoms with van der Waals surface area (Å²) >= 11 is 4.59. The lowest BCUT2D eigenvalue weighted by molar-refractivity contribution is -0.142. The number of carboxylic acids is 1. The summed E-state index contributed by atoms with van der Waals surface area (Å²) in [5.41, 5.74) is 11.5. The van der Waals surface area contributed by atoms with E-state index in [1.165, 1.54) is 23.5 Å². The van der Waals surface area contributed by atoms with E-state index in [9.17, 15) is 24.3 Å². The Balaban J connectivity index is 5.38. The van der Waals surface area contributed by atoms with Crippen LogP contribution >= 0.6 is 35.3 Å². The lowest BCUT2D eigenvalue weighted by Crippen LogP contribution is -2.57. The van der Waals surface area contributed by atoms with Crippen molar-refractivity contribution in [1.29, 1.82) is 0 Å². The van der Waals surface area contributed by atoms with E-state index in [4.69, 9.17) is 11.5 Å². The third kappa shape index (κ3) is 14.3. The standard InChI is InChI=1S/C21H41N5O5S3/c1-32-11-7-14(23)18(27)24-16(8-12-33-2)20(29)25-15(6-4-5-10-22)19(28)26-17(21(30)31)9-13-34-3/h14-17H,4-13,22-23H2,1-3H3,(H,24,27)(H,25,29)(H,26,28)(H,30,31). The summed E-state index contributed by atoms with van der Waals surface area (Å²) in [5.74, 6) is -0.685. The van der Waals surface area contributed by atoms with Crippen molar-refractivity contribution in [3.05, 3.63) is 0 Å². The Morgan fingerprint density at radius 2 is 1.15 bits per heavy atom. The zero-order valence-corrected chi connectivity index (χ0v) is 22.8. The number of carbonyl (C=O) groups excluding carboxylic acids is 3. The maximum atomic E-state index is 13.1. The van der Waals surface area contributed by atoms with E-state index >= 15 is 0 Å². The van der Waals surface area contributed by atoms with Gasteiger partial charge in [0, 0.05) is 0 Å². The predicted molar refractivity (Wildman–Crippen MR) is 143 cm³/mol. The quantitative estimate of drug-likeness (QED) is 0.117. The molecule has 0 fully saturated rings. The molecule has 3 amide bonds. The highest BCUT2D eigenvalue weighted by molar-refractivity contribution is 7.98. The average Bonchev–Trinajstić information content (AvgIpc) is 2.81. The molecule has 8 N–H and O–H groups in total. The van der Waals surface area contributed by atoms with Gasteiger partial charge in [0.15, 0.2) is 0 Å². The molecule has 0 heterocycles. The molecule has 0 saturated heterocycles. The maximum Gasteiger partial charge on any atom is 0.326 e. The first kappa shape index (κ1) is 32.8. The van der Waals surface area contributed by atoms with E-state index < -0.39 is 47.9 Å². The van der Waals surface area contributed by atoms with Crippen molar-refractivity contribution >= 4 is 59.0 Å². The maximum absolute atomic E-state index is 13.1. The first-order chi connectivity index (χ1) is 16.2. The summed E-state index contributed by atoms with van der Waals surface area (Å²) in [7, 11) is 0. The molecule has 198 valence electrons. The van der Waals surface area contributed by atoms with Gasteiger partial charge in [0.1, 0.15) is 18.1 Å². The topological polar surface area (TPSA) is 177 Å². The Kier molecular flexibility index (Phi) is 19.4. The summed E-state index contributed by atoms with van der Waals surface area (Å²) < 4.78 is 0. The van der Waals surface area contributed by atoms with E-state index in [1.807, 2.05) is 18.8 Å². The molecule has 0 saturated carbocycles. The highest BCUT2D eigenvalue weighted by Crippen LogP contribution is 2.08. The van der Waals surface area contributed by atoms with E-state index in [-0.39, 0.29) is 6.42 Å². The fraction of sp³-hybridized carbons (Fsp3) is 0.810. The van der Waals surface area contributed by atoms with Gasteiger partial charge in [-0.1, -0.05) is 0 Å². The second-order valence-electron chi connectivity index (χ2n) is 7.76. The number of rotatable bonds is 20. The summed E-state index contributed by atoms with van der Waals surface area (Å²) in [6.07, 6.45) is 8.34. The molecule has 13 heteroatoms. The number of carbonyl (C=O) groups is 4. The average molecular weight is 540 g/mol. The first-order valence-corrected chi connectivity index (χ1v) is 15.5. The molecule has 0 aliphatic carbocycles. The summed E-state index contributed by atoms with van der Waals surface area (Å²) in [6, 6.07) is -3.56. The van der Waals surface area contributed by atoms with Gasteiger partial charge >= 0.3 is 5.97 Å². The highest BCUT2D eigenvalue weighted by atomic mass is 32.2. The Morgan fingerprint density at radius 3 is 1.65 bits per heavy atom. The van der Waals surface area contributed by atoms with Crippen molar-refractivity contribution in [1.82, 2.24) is 16.0 Å².